The Hall–Kier alpha value is -3.04. The summed E-state index contributed by atoms with van der Waals surface area (Å²) in [6.45, 7) is 6.02. The van der Waals surface area contributed by atoms with Crippen molar-refractivity contribution in [3.8, 4) is 11.5 Å². The quantitative estimate of drug-likeness (QED) is 0.435. The highest BCUT2D eigenvalue weighted by molar-refractivity contribution is 9.10. The summed E-state index contributed by atoms with van der Waals surface area (Å²) in [5, 5.41) is 10.9. The summed E-state index contributed by atoms with van der Waals surface area (Å²) < 4.78 is 16.8. The molecule has 1 amide bonds. The number of aliphatic imine (C=N–C) groups is 1. The lowest BCUT2D eigenvalue weighted by molar-refractivity contribution is -0.138. The first kappa shape index (κ1) is 25.6. The number of hydrogen-bond donors (Lipinski definition) is 1. The molecule has 0 unspecified atom stereocenters. The van der Waals surface area contributed by atoms with Gasteiger partial charge in [-0.05, 0) is 72.6 Å². The molecule has 0 aliphatic carbocycles. The lowest BCUT2D eigenvalue weighted by atomic mass is 10.1. The molecule has 0 fully saturated rings. The van der Waals surface area contributed by atoms with Gasteiger partial charge in [0.15, 0.2) is 11.5 Å². The summed E-state index contributed by atoms with van der Waals surface area (Å²) in [5.74, 6) is -0.517. The third-order valence-corrected chi connectivity index (χ3v) is 6.32. The van der Waals surface area contributed by atoms with E-state index in [4.69, 9.17) is 14.2 Å². The highest BCUT2D eigenvalue weighted by atomic mass is 79.9. The molecule has 3 rings (SSSR count). The van der Waals surface area contributed by atoms with E-state index in [0.29, 0.717) is 38.6 Å². The van der Waals surface area contributed by atoms with Crippen LogP contribution >= 0.6 is 27.7 Å². The summed E-state index contributed by atoms with van der Waals surface area (Å²) in [5.41, 5.74) is 1.91. The van der Waals surface area contributed by atoms with Crippen molar-refractivity contribution in [2.75, 3.05) is 20.3 Å². The predicted octanol–water partition coefficient (Wildman–Crippen LogP) is 5.87. The minimum atomic E-state index is -0.753. The number of benzene rings is 2. The summed E-state index contributed by atoms with van der Waals surface area (Å²) in [4.78, 5) is 29.8. The summed E-state index contributed by atoms with van der Waals surface area (Å²) in [6.07, 6.45) is 1.67. The first-order chi connectivity index (χ1) is 16.3. The van der Waals surface area contributed by atoms with Crippen molar-refractivity contribution in [1.29, 1.82) is 0 Å². The molecule has 178 valence electrons. The number of carbonyl (C=O) groups is 2. The Bertz CT molecular complexity index is 1200. The Kier molecular flexibility index (Phi) is 8.57. The Morgan fingerprint density at radius 3 is 2.47 bits per heavy atom. The van der Waals surface area contributed by atoms with E-state index < -0.39 is 11.9 Å². The fourth-order valence-electron chi connectivity index (χ4n) is 3.10. The average molecular weight is 546 g/mol. The second kappa shape index (κ2) is 11.4. The molecule has 0 bridgehead atoms. The summed E-state index contributed by atoms with van der Waals surface area (Å²) in [6, 6.07) is 10.5. The lowest BCUT2D eigenvalue weighted by Gasteiger charge is -2.12. The average Bonchev–Trinajstić information content (AvgIpc) is 3.10. The van der Waals surface area contributed by atoms with Crippen LogP contribution in [-0.4, -0.2) is 42.4 Å². The van der Waals surface area contributed by atoms with Gasteiger partial charge < -0.3 is 19.3 Å². The van der Waals surface area contributed by atoms with Gasteiger partial charge >= 0.3 is 5.97 Å². The van der Waals surface area contributed by atoms with Crippen molar-refractivity contribution in [1.82, 2.24) is 0 Å². The molecule has 7 nitrogen and oxygen atoms in total. The first-order valence-corrected chi connectivity index (χ1v) is 12.1. The van der Waals surface area contributed by atoms with Crippen LogP contribution in [0.4, 0.5) is 0 Å². The van der Waals surface area contributed by atoms with Crippen LogP contribution in [-0.2, 0) is 9.53 Å². The maximum atomic E-state index is 12.7. The zero-order valence-electron chi connectivity index (χ0n) is 19.2. The molecule has 1 N–H and O–H groups in total. The standard InChI is InChI=1S/C25H24BrNO6S/c1-5-32-22-17(26)11-15(12-18(22)31-4)13-19-21(28)20(25(30)33-6-2)24(34-19)27-23(29)16-9-7-14(3)8-10-16/h7-13,28H,5-6H2,1-4H3/b19-13-,27-24?. The Balaban J connectivity index is 2.03. The predicted molar refractivity (Wildman–Crippen MR) is 137 cm³/mol. The number of rotatable bonds is 7. The molecule has 1 heterocycles. The number of methoxy groups -OCH3 is 1. The third-order valence-electron chi connectivity index (χ3n) is 4.71. The van der Waals surface area contributed by atoms with Gasteiger partial charge in [-0.15, -0.1) is 0 Å². The molecule has 34 heavy (non-hydrogen) atoms. The van der Waals surface area contributed by atoms with E-state index in [-0.39, 0.29) is 23.0 Å². The molecule has 0 saturated carbocycles. The van der Waals surface area contributed by atoms with Gasteiger partial charge in [0.25, 0.3) is 5.91 Å². The minimum absolute atomic E-state index is 0.0738. The van der Waals surface area contributed by atoms with Crippen LogP contribution < -0.4 is 9.47 Å². The van der Waals surface area contributed by atoms with Gasteiger partial charge in [-0.25, -0.2) is 9.79 Å². The second-order valence-corrected chi connectivity index (χ2v) is 8.99. The van der Waals surface area contributed by atoms with Gasteiger partial charge in [-0.3, -0.25) is 4.79 Å². The number of ether oxygens (including phenoxy) is 3. The van der Waals surface area contributed by atoms with Crippen LogP contribution in [0.25, 0.3) is 6.08 Å². The Morgan fingerprint density at radius 1 is 1.15 bits per heavy atom. The van der Waals surface area contributed by atoms with Crippen LogP contribution in [0, 0.1) is 6.92 Å². The molecule has 0 saturated heterocycles. The van der Waals surface area contributed by atoms with Gasteiger partial charge in [-0.2, -0.15) is 0 Å². The van der Waals surface area contributed by atoms with Crippen LogP contribution in [0.1, 0.15) is 35.3 Å². The topological polar surface area (TPSA) is 94.4 Å². The number of aliphatic hydroxyl groups excluding tert-OH is 1. The SMILES string of the molecule is CCOC(=O)C1=C(O)/C(=C/c2cc(Br)c(OCC)c(OC)c2)SC1=NC(=O)c1ccc(C)cc1. The number of aryl methyl sites for hydroxylation is 1. The highest BCUT2D eigenvalue weighted by Gasteiger charge is 2.34. The second-order valence-electron chi connectivity index (χ2n) is 7.11. The largest absolute Gasteiger partial charge is 0.506 e. The van der Waals surface area contributed by atoms with Crippen molar-refractivity contribution >= 4 is 50.7 Å². The van der Waals surface area contributed by atoms with Gasteiger partial charge in [0.05, 0.1) is 29.7 Å². The van der Waals surface area contributed by atoms with Crippen LogP contribution in [0.2, 0.25) is 0 Å². The monoisotopic (exact) mass is 545 g/mol. The number of hydrogen-bond acceptors (Lipinski definition) is 7. The molecule has 2 aromatic rings. The van der Waals surface area contributed by atoms with E-state index in [1.807, 2.05) is 13.8 Å². The molecule has 0 aromatic heterocycles. The summed E-state index contributed by atoms with van der Waals surface area (Å²) in [7, 11) is 1.53. The fourth-order valence-corrected chi connectivity index (χ4v) is 4.69. The van der Waals surface area contributed by atoms with E-state index in [2.05, 4.69) is 20.9 Å². The number of nitrogens with zero attached hydrogens (tertiary/aromatic N) is 1. The van der Waals surface area contributed by atoms with E-state index >= 15 is 0 Å². The van der Waals surface area contributed by atoms with Crippen molar-refractivity contribution in [2.24, 2.45) is 4.99 Å². The molecule has 2 aromatic carbocycles. The Morgan fingerprint density at radius 2 is 1.85 bits per heavy atom. The summed E-state index contributed by atoms with van der Waals surface area (Å²) >= 11 is 4.49. The number of halogens is 1. The van der Waals surface area contributed by atoms with E-state index in [1.54, 1.807) is 49.4 Å². The van der Waals surface area contributed by atoms with Crippen molar-refractivity contribution in [3.05, 3.63) is 73.8 Å². The number of carbonyl (C=O) groups excluding carboxylic acids is 2. The molecule has 0 radical (unpaired) electrons. The normalized spacial score (nSPS) is 15.7. The minimum Gasteiger partial charge on any atom is -0.506 e. The molecule has 1 aliphatic heterocycles. The number of esters is 1. The van der Waals surface area contributed by atoms with Gasteiger partial charge in [0.2, 0.25) is 0 Å². The van der Waals surface area contributed by atoms with E-state index in [0.717, 1.165) is 17.3 Å². The molecule has 0 spiro atoms. The van der Waals surface area contributed by atoms with Gasteiger partial charge in [0.1, 0.15) is 16.4 Å². The molecule has 1 aliphatic rings. The third kappa shape index (κ3) is 5.71. The molecular formula is C25H24BrNO6S. The van der Waals surface area contributed by atoms with Crippen LogP contribution in [0.15, 0.2) is 62.1 Å². The Labute approximate surface area is 210 Å². The highest BCUT2D eigenvalue weighted by Crippen LogP contribution is 2.42. The smallest absolute Gasteiger partial charge is 0.344 e. The maximum absolute atomic E-state index is 12.7. The van der Waals surface area contributed by atoms with Crippen LogP contribution in [0.3, 0.4) is 0 Å². The molecular weight excluding hydrogens is 522 g/mol. The maximum Gasteiger partial charge on any atom is 0.344 e. The van der Waals surface area contributed by atoms with E-state index in [1.165, 1.54) is 7.11 Å². The number of aliphatic hydroxyl groups is 1. The van der Waals surface area contributed by atoms with Crippen molar-refractivity contribution < 1.29 is 28.9 Å². The number of thioether (sulfide) groups is 1. The zero-order chi connectivity index (χ0) is 24.8. The van der Waals surface area contributed by atoms with Crippen molar-refractivity contribution in [2.45, 2.75) is 20.8 Å². The molecule has 0 atom stereocenters. The van der Waals surface area contributed by atoms with E-state index in [9.17, 15) is 14.7 Å². The lowest BCUT2D eigenvalue weighted by Crippen LogP contribution is -2.14. The number of amides is 1. The van der Waals surface area contributed by atoms with Crippen LogP contribution in [0.5, 0.6) is 11.5 Å². The van der Waals surface area contributed by atoms with Crippen molar-refractivity contribution in [3.63, 3.8) is 0 Å². The van der Waals surface area contributed by atoms with Gasteiger partial charge in [-0.1, -0.05) is 29.5 Å². The molecule has 9 heteroatoms. The fraction of sp³-hybridized carbons (Fsp3) is 0.240. The first-order valence-electron chi connectivity index (χ1n) is 10.5. The zero-order valence-corrected chi connectivity index (χ0v) is 21.6. The van der Waals surface area contributed by atoms with Gasteiger partial charge in [0, 0.05) is 5.56 Å².